The van der Waals surface area contributed by atoms with Crippen LogP contribution in [0.2, 0.25) is 0 Å². The average molecular weight is 391 g/mol. The number of nitrogens with zero attached hydrogens (tertiary/aromatic N) is 3. The molecule has 3 aliphatic rings. The van der Waals surface area contributed by atoms with Crippen molar-refractivity contribution >= 4 is 17.9 Å². The van der Waals surface area contributed by atoms with Crippen LogP contribution in [0.3, 0.4) is 0 Å². The number of carboxylic acid groups (broad SMARTS) is 3. The number of hydrogen-bond donors (Lipinski definition) is 4. The Morgan fingerprint density at radius 3 is 0.926 bits per heavy atom. The van der Waals surface area contributed by atoms with Gasteiger partial charge in [0.15, 0.2) is 0 Å². The first-order valence-corrected chi connectivity index (χ1v) is 9.21. The van der Waals surface area contributed by atoms with E-state index in [4.69, 9.17) is 20.4 Å². The molecule has 3 fully saturated rings. The Kier molecular flexibility index (Phi) is 14.3. The van der Waals surface area contributed by atoms with Gasteiger partial charge >= 0.3 is 17.9 Å². The Balaban J connectivity index is 0.000000350. The van der Waals surface area contributed by atoms with Crippen LogP contribution in [0.5, 0.6) is 0 Å². The summed E-state index contributed by atoms with van der Waals surface area (Å²) in [7, 11) is 0. The Hall–Kier alpha value is -1.75. The highest BCUT2D eigenvalue weighted by Crippen LogP contribution is 2.03. The molecular weight excluding hydrogens is 358 g/mol. The van der Waals surface area contributed by atoms with E-state index >= 15 is 0 Å². The van der Waals surface area contributed by atoms with Crippen LogP contribution in [0.1, 0.15) is 26.2 Å². The van der Waals surface area contributed by atoms with Gasteiger partial charge in [0.05, 0.1) is 19.3 Å². The zero-order valence-corrected chi connectivity index (χ0v) is 16.0. The standard InChI is InChI=1S/3C5H9NO2.C2H6O/c3*7-5(8)1-2-6-3-4-6;1-2-3/h3*1-4H2,(H,7,8);3H,2H2,1H3. The highest BCUT2D eigenvalue weighted by molar-refractivity contribution is 5.67. The lowest BCUT2D eigenvalue weighted by Gasteiger charge is -1.92. The van der Waals surface area contributed by atoms with Gasteiger partial charge in [-0.05, 0) is 6.92 Å². The van der Waals surface area contributed by atoms with Crippen LogP contribution in [0.4, 0.5) is 0 Å². The van der Waals surface area contributed by atoms with Crippen molar-refractivity contribution in [3.63, 3.8) is 0 Å². The summed E-state index contributed by atoms with van der Waals surface area (Å²) in [6.07, 6.45) is 0.875. The summed E-state index contributed by atoms with van der Waals surface area (Å²) in [4.78, 5) is 36.0. The second-order valence-corrected chi connectivity index (χ2v) is 6.27. The van der Waals surface area contributed by atoms with E-state index in [0.29, 0.717) is 19.3 Å². The maximum Gasteiger partial charge on any atom is 0.304 e. The Labute approximate surface area is 160 Å². The third-order valence-corrected chi connectivity index (χ3v) is 3.55. The number of carbonyl (C=O) groups is 3. The van der Waals surface area contributed by atoms with Crippen LogP contribution >= 0.6 is 0 Å². The number of aliphatic carboxylic acids is 3. The first kappa shape index (κ1) is 25.2. The van der Waals surface area contributed by atoms with E-state index in [2.05, 4.69) is 14.7 Å². The molecule has 0 bridgehead atoms. The minimum absolute atomic E-state index is 0.250. The quantitative estimate of drug-likeness (QED) is 0.374. The summed E-state index contributed by atoms with van der Waals surface area (Å²) < 4.78 is 0. The van der Waals surface area contributed by atoms with E-state index in [1.165, 1.54) is 0 Å². The van der Waals surface area contributed by atoms with Gasteiger partial charge in [0, 0.05) is 65.5 Å². The lowest BCUT2D eigenvalue weighted by atomic mass is 10.4. The summed E-state index contributed by atoms with van der Waals surface area (Å²) in [5.74, 6) is -2.09. The van der Waals surface area contributed by atoms with Crippen molar-refractivity contribution in [2.45, 2.75) is 26.2 Å². The van der Waals surface area contributed by atoms with Gasteiger partial charge in [0.1, 0.15) is 0 Å². The molecular formula is C17H33N3O7. The van der Waals surface area contributed by atoms with Crippen LogP contribution in [0.15, 0.2) is 0 Å². The van der Waals surface area contributed by atoms with Gasteiger partial charge < -0.3 is 35.1 Å². The molecule has 0 aromatic heterocycles. The topological polar surface area (TPSA) is 141 Å². The molecule has 0 aromatic rings. The molecule has 27 heavy (non-hydrogen) atoms. The number of rotatable bonds is 9. The second-order valence-electron chi connectivity index (χ2n) is 6.27. The van der Waals surface area contributed by atoms with Crippen molar-refractivity contribution in [3.05, 3.63) is 0 Å². The first-order valence-electron chi connectivity index (χ1n) is 9.21. The smallest absolute Gasteiger partial charge is 0.304 e. The molecule has 158 valence electrons. The maximum atomic E-state index is 9.90. The normalized spacial score (nSPS) is 17.1. The maximum absolute atomic E-state index is 9.90. The van der Waals surface area contributed by atoms with Gasteiger partial charge in [-0.3, -0.25) is 14.4 Å². The first-order chi connectivity index (χ1) is 12.8. The second kappa shape index (κ2) is 15.3. The third-order valence-electron chi connectivity index (χ3n) is 3.55. The number of aliphatic hydroxyl groups is 1. The minimum Gasteiger partial charge on any atom is -0.481 e. The van der Waals surface area contributed by atoms with Crippen LogP contribution in [-0.2, 0) is 14.4 Å². The summed E-state index contributed by atoms with van der Waals surface area (Å²) in [5, 5.41) is 32.1. The lowest BCUT2D eigenvalue weighted by Crippen LogP contribution is -2.05. The van der Waals surface area contributed by atoms with Crippen molar-refractivity contribution in [3.8, 4) is 0 Å². The van der Waals surface area contributed by atoms with Gasteiger partial charge in [0.2, 0.25) is 0 Å². The van der Waals surface area contributed by atoms with E-state index < -0.39 is 17.9 Å². The minimum atomic E-state index is -0.697. The number of aliphatic hydroxyl groups excluding tert-OH is 1. The number of carboxylic acids is 3. The Bertz CT molecular complexity index is 374. The van der Waals surface area contributed by atoms with Gasteiger partial charge in [-0.2, -0.15) is 0 Å². The molecule has 0 spiro atoms. The highest BCUT2D eigenvalue weighted by atomic mass is 16.4. The monoisotopic (exact) mass is 391 g/mol. The van der Waals surface area contributed by atoms with E-state index in [1.54, 1.807) is 6.92 Å². The predicted molar refractivity (Wildman–Crippen MR) is 98.8 cm³/mol. The highest BCUT2D eigenvalue weighted by Gasteiger charge is 2.18. The number of hydrogen-bond acceptors (Lipinski definition) is 7. The lowest BCUT2D eigenvalue weighted by molar-refractivity contribution is -0.138. The van der Waals surface area contributed by atoms with Gasteiger partial charge in [0.25, 0.3) is 0 Å². The van der Waals surface area contributed by atoms with Crippen LogP contribution in [-0.4, -0.2) is 119 Å². The fourth-order valence-corrected chi connectivity index (χ4v) is 1.64. The van der Waals surface area contributed by atoms with Crippen molar-refractivity contribution in [1.29, 1.82) is 0 Å². The molecule has 0 saturated carbocycles. The summed E-state index contributed by atoms with van der Waals surface area (Å²) in [6.45, 7) is 10.7. The zero-order valence-electron chi connectivity index (χ0n) is 16.0. The zero-order chi connectivity index (χ0) is 20.7. The molecule has 10 nitrogen and oxygen atoms in total. The van der Waals surface area contributed by atoms with E-state index in [9.17, 15) is 14.4 Å². The summed E-state index contributed by atoms with van der Waals surface area (Å²) in [5.41, 5.74) is 0. The van der Waals surface area contributed by atoms with Crippen molar-refractivity contribution in [2.24, 2.45) is 0 Å². The molecule has 10 heteroatoms. The Morgan fingerprint density at radius 2 is 0.815 bits per heavy atom. The van der Waals surface area contributed by atoms with Crippen molar-refractivity contribution in [2.75, 3.05) is 65.5 Å². The molecule has 3 rings (SSSR count). The van der Waals surface area contributed by atoms with Crippen LogP contribution in [0.25, 0.3) is 0 Å². The molecule has 0 unspecified atom stereocenters. The molecule has 3 heterocycles. The molecule has 3 saturated heterocycles. The van der Waals surface area contributed by atoms with Crippen molar-refractivity contribution < 1.29 is 34.8 Å². The third kappa shape index (κ3) is 24.2. The summed E-state index contributed by atoms with van der Waals surface area (Å²) in [6, 6.07) is 0. The predicted octanol–water partition coefficient (Wildman–Crippen LogP) is -0.671. The molecule has 3 aliphatic heterocycles. The average Bonchev–Trinajstić information content (AvgIpc) is 3.48. The Morgan fingerprint density at radius 1 is 0.630 bits per heavy atom. The van der Waals surface area contributed by atoms with Gasteiger partial charge in [-0.15, -0.1) is 0 Å². The molecule has 0 amide bonds. The molecule has 0 aromatic carbocycles. The SMILES string of the molecule is CCO.O=C(O)CCN1CC1.O=C(O)CCN1CC1.O=C(O)CCN1CC1. The summed E-state index contributed by atoms with van der Waals surface area (Å²) >= 11 is 0. The largest absolute Gasteiger partial charge is 0.481 e. The molecule has 4 N–H and O–H groups in total. The fourth-order valence-electron chi connectivity index (χ4n) is 1.64. The van der Waals surface area contributed by atoms with Crippen molar-refractivity contribution in [1.82, 2.24) is 14.7 Å². The van der Waals surface area contributed by atoms with Gasteiger partial charge in [-0.1, -0.05) is 0 Å². The molecule has 0 aliphatic carbocycles. The van der Waals surface area contributed by atoms with Crippen LogP contribution < -0.4 is 0 Å². The van der Waals surface area contributed by atoms with E-state index in [1.807, 2.05) is 0 Å². The fraction of sp³-hybridized carbons (Fsp3) is 0.824. The van der Waals surface area contributed by atoms with E-state index in [-0.39, 0.29) is 6.61 Å². The van der Waals surface area contributed by atoms with Crippen LogP contribution in [0, 0.1) is 0 Å². The van der Waals surface area contributed by atoms with E-state index in [0.717, 1.165) is 58.9 Å². The molecule has 0 atom stereocenters. The van der Waals surface area contributed by atoms with Gasteiger partial charge in [-0.25, -0.2) is 0 Å². The molecule has 0 radical (unpaired) electrons.